The van der Waals surface area contributed by atoms with E-state index in [-0.39, 0.29) is 5.91 Å². The summed E-state index contributed by atoms with van der Waals surface area (Å²) < 4.78 is 0. The molecule has 0 saturated heterocycles. The van der Waals surface area contributed by atoms with Crippen molar-refractivity contribution in [3.8, 4) is 0 Å². The topological polar surface area (TPSA) is 29.1 Å². The molecule has 2 nitrogen and oxygen atoms in total. The van der Waals surface area contributed by atoms with Crippen molar-refractivity contribution in [3.63, 3.8) is 0 Å². The van der Waals surface area contributed by atoms with Gasteiger partial charge in [0, 0.05) is 18.2 Å². The van der Waals surface area contributed by atoms with Gasteiger partial charge in [0.25, 0.3) is 0 Å². The number of carbonyl (C=O) groups is 1. The summed E-state index contributed by atoms with van der Waals surface area (Å²) in [5.41, 5.74) is -0.463. The number of carbonyl (C=O) groups excluding carboxylic acids is 1. The molecule has 0 atom stereocenters. The molecular formula is C12H21Cl2NO. The Balaban J connectivity index is 2.34. The minimum atomic E-state index is -0.463. The average molecular weight is 266 g/mol. The van der Waals surface area contributed by atoms with Crippen molar-refractivity contribution in [1.82, 2.24) is 5.32 Å². The molecule has 94 valence electrons. The number of alkyl halides is 2. The summed E-state index contributed by atoms with van der Waals surface area (Å²) >= 11 is 11.6. The molecule has 0 aromatic carbocycles. The summed E-state index contributed by atoms with van der Waals surface area (Å²) in [6, 6.07) is 0. The molecule has 0 aromatic heterocycles. The normalized spacial score (nSPS) is 18.4. The van der Waals surface area contributed by atoms with Gasteiger partial charge in [-0.3, -0.25) is 4.79 Å². The Bertz CT molecular complexity index is 223. The van der Waals surface area contributed by atoms with Gasteiger partial charge in [-0.05, 0) is 25.7 Å². The van der Waals surface area contributed by atoms with E-state index in [0.29, 0.717) is 24.1 Å². The summed E-state index contributed by atoms with van der Waals surface area (Å²) in [7, 11) is 0. The third-order valence-corrected chi connectivity index (χ3v) is 4.41. The fourth-order valence-corrected chi connectivity index (χ4v) is 2.56. The molecule has 0 spiro atoms. The van der Waals surface area contributed by atoms with E-state index in [9.17, 15) is 4.79 Å². The maximum Gasteiger partial charge on any atom is 0.220 e. The Kier molecular flexibility index (Phi) is 5.91. The lowest BCUT2D eigenvalue weighted by Gasteiger charge is -2.28. The molecule has 4 heteroatoms. The maximum atomic E-state index is 11.8. The molecule has 0 radical (unpaired) electrons. The highest BCUT2D eigenvalue weighted by molar-refractivity contribution is 6.22. The second kappa shape index (κ2) is 6.70. The third kappa shape index (κ3) is 4.50. The number of nitrogens with one attached hydrogen (secondary N) is 1. The van der Waals surface area contributed by atoms with Gasteiger partial charge in [-0.25, -0.2) is 0 Å². The summed E-state index contributed by atoms with van der Waals surface area (Å²) in [6.07, 6.45) is 6.85. The fourth-order valence-electron chi connectivity index (χ4n) is 2.14. The largest absolute Gasteiger partial charge is 0.349 e. The van der Waals surface area contributed by atoms with E-state index in [2.05, 4.69) is 5.32 Å². The van der Waals surface area contributed by atoms with Crippen LogP contribution in [-0.2, 0) is 4.79 Å². The van der Waals surface area contributed by atoms with Crippen LogP contribution in [0.3, 0.4) is 0 Å². The van der Waals surface area contributed by atoms with Crippen LogP contribution in [0, 0.1) is 5.92 Å². The first-order chi connectivity index (χ1) is 7.59. The number of rotatable bonds is 5. The molecular weight excluding hydrogens is 245 g/mol. The van der Waals surface area contributed by atoms with E-state index >= 15 is 0 Å². The monoisotopic (exact) mass is 265 g/mol. The zero-order valence-electron chi connectivity index (χ0n) is 9.90. The third-order valence-electron chi connectivity index (χ3n) is 3.23. The molecule has 1 saturated carbocycles. The number of hydrogen-bond donors (Lipinski definition) is 1. The predicted octanol–water partition coefficient (Wildman–Crippen LogP) is 3.31. The van der Waals surface area contributed by atoms with E-state index in [1.54, 1.807) is 0 Å². The van der Waals surface area contributed by atoms with Gasteiger partial charge in [-0.2, -0.15) is 0 Å². The molecule has 1 rings (SSSR count). The molecule has 0 aromatic rings. The van der Waals surface area contributed by atoms with Crippen molar-refractivity contribution in [2.45, 2.75) is 51.0 Å². The number of halogens is 2. The fraction of sp³-hybridized carbons (Fsp3) is 0.917. The Morgan fingerprint density at radius 3 is 2.31 bits per heavy atom. The van der Waals surface area contributed by atoms with E-state index in [4.69, 9.17) is 23.2 Å². The van der Waals surface area contributed by atoms with Gasteiger partial charge in [0.05, 0.1) is 5.54 Å². The molecule has 1 aliphatic rings. The summed E-state index contributed by atoms with van der Waals surface area (Å²) in [5, 5.41) is 2.94. The van der Waals surface area contributed by atoms with Crippen molar-refractivity contribution in [3.05, 3.63) is 0 Å². The minimum absolute atomic E-state index is 0.0932. The van der Waals surface area contributed by atoms with Crippen molar-refractivity contribution in [1.29, 1.82) is 0 Å². The van der Waals surface area contributed by atoms with Gasteiger partial charge in [-0.15, -0.1) is 23.2 Å². The van der Waals surface area contributed by atoms with Crippen molar-refractivity contribution in [2.75, 3.05) is 11.8 Å². The van der Waals surface area contributed by atoms with E-state index in [1.807, 2.05) is 6.92 Å². The summed E-state index contributed by atoms with van der Waals surface area (Å²) in [5.74, 6) is 1.36. The smallest absolute Gasteiger partial charge is 0.220 e. The quantitative estimate of drug-likeness (QED) is 0.760. The van der Waals surface area contributed by atoms with Gasteiger partial charge < -0.3 is 5.32 Å². The minimum Gasteiger partial charge on any atom is -0.349 e. The number of hydrogen-bond acceptors (Lipinski definition) is 1. The van der Waals surface area contributed by atoms with E-state index in [0.717, 1.165) is 0 Å². The van der Waals surface area contributed by atoms with Crippen LogP contribution in [0.1, 0.15) is 45.4 Å². The lowest BCUT2D eigenvalue weighted by molar-refractivity contribution is -0.123. The molecule has 1 fully saturated rings. The first kappa shape index (κ1) is 14.1. The molecule has 1 N–H and O–H groups in total. The second-order valence-corrected chi connectivity index (χ2v) is 5.62. The van der Waals surface area contributed by atoms with Gasteiger partial charge in [-0.1, -0.05) is 19.3 Å². The van der Waals surface area contributed by atoms with Crippen LogP contribution in [0.25, 0.3) is 0 Å². The Morgan fingerprint density at radius 2 is 1.81 bits per heavy atom. The van der Waals surface area contributed by atoms with Crippen LogP contribution < -0.4 is 5.32 Å². The lowest BCUT2D eigenvalue weighted by atomic mass is 9.86. The molecule has 1 amide bonds. The molecule has 0 unspecified atom stereocenters. The van der Waals surface area contributed by atoms with Gasteiger partial charge >= 0.3 is 0 Å². The lowest BCUT2D eigenvalue weighted by Crippen LogP contribution is -2.49. The van der Waals surface area contributed by atoms with Gasteiger partial charge in [0.15, 0.2) is 0 Å². The van der Waals surface area contributed by atoms with Crippen LogP contribution in [-0.4, -0.2) is 23.2 Å². The van der Waals surface area contributed by atoms with Gasteiger partial charge in [0.2, 0.25) is 5.91 Å². The Morgan fingerprint density at radius 1 is 1.25 bits per heavy atom. The number of amides is 1. The van der Waals surface area contributed by atoms with Crippen LogP contribution >= 0.6 is 23.2 Å². The average Bonchev–Trinajstić information content (AvgIpc) is 2.30. The van der Waals surface area contributed by atoms with Crippen LogP contribution in [0.5, 0.6) is 0 Å². The summed E-state index contributed by atoms with van der Waals surface area (Å²) in [6.45, 7) is 1.88. The molecule has 0 heterocycles. The van der Waals surface area contributed by atoms with Crippen LogP contribution in [0.4, 0.5) is 0 Å². The molecule has 0 aliphatic heterocycles. The maximum absolute atomic E-state index is 11.8. The molecule has 0 bridgehead atoms. The SMILES string of the molecule is CC(CCl)(CCl)NC(=O)CC1CCCCC1. The second-order valence-electron chi connectivity index (χ2n) is 5.08. The van der Waals surface area contributed by atoms with E-state index < -0.39 is 5.54 Å². The van der Waals surface area contributed by atoms with Crippen LogP contribution in [0.15, 0.2) is 0 Å². The standard InChI is InChI=1S/C12H21Cl2NO/c1-12(8-13,9-14)15-11(16)7-10-5-3-2-4-6-10/h10H,2-9H2,1H3,(H,15,16). The zero-order chi connectivity index (χ0) is 12.0. The first-order valence-corrected chi connectivity index (χ1v) is 7.09. The highest BCUT2D eigenvalue weighted by atomic mass is 35.5. The highest BCUT2D eigenvalue weighted by Crippen LogP contribution is 2.26. The van der Waals surface area contributed by atoms with Crippen molar-refractivity contribution in [2.24, 2.45) is 5.92 Å². The zero-order valence-corrected chi connectivity index (χ0v) is 11.4. The highest BCUT2D eigenvalue weighted by Gasteiger charge is 2.26. The predicted molar refractivity (Wildman–Crippen MR) is 69.2 cm³/mol. The van der Waals surface area contributed by atoms with E-state index in [1.165, 1.54) is 32.1 Å². The Hall–Kier alpha value is 0.0500. The molecule has 16 heavy (non-hydrogen) atoms. The van der Waals surface area contributed by atoms with Gasteiger partial charge in [0.1, 0.15) is 0 Å². The van der Waals surface area contributed by atoms with Crippen LogP contribution in [0.2, 0.25) is 0 Å². The molecule has 1 aliphatic carbocycles. The summed E-state index contributed by atoms with van der Waals surface area (Å²) in [4.78, 5) is 11.8. The first-order valence-electron chi connectivity index (χ1n) is 6.02. The van der Waals surface area contributed by atoms with Crippen molar-refractivity contribution < 1.29 is 4.79 Å². The Labute approximate surface area is 108 Å². The van der Waals surface area contributed by atoms with Crippen molar-refractivity contribution >= 4 is 29.1 Å².